The van der Waals surface area contributed by atoms with Gasteiger partial charge in [-0.3, -0.25) is 4.84 Å². The molecule has 0 N–H and O–H groups in total. The number of nitrogens with zero attached hydrogens (tertiary/aromatic N) is 1. The third-order valence-corrected chi connectivity index (χ3v) is 7.87. The van der Waals surface area contributed by atoms with Crippen molar-refractivity contribution in [2.24, 2.45) is 0 Å². The first-order chi connectivity index (χ1) is 15.4. The van der Waals surface area contributed by atoms with Crippen LogP contribution in [0.4, 0.5) is 0 Å². The van der Waals surface area contributed by atoms with E-state index in [1.807, 2.05) is 30.3 Å². The molecule has 1 fully saturated rings. The summed E-state index contributed by atoms with van der Waals surface area (Å²) in [6.07, 6.45) is 0. The summed E-state index contributed by atoms with van der Waals surface area (Å²) in [4.78, 5) is 5.91. The first-order valence-electron chi connectivity index (χ1n) is 10.1. The van der Waals surface area contributed by atoms with Gasteiger partial charge in [0.1, 0.15) is 11.9 Å². The smallest absolute Gasteiger partial charge is 0.185 e. The van der Waals surface area contributed by atoms with E-state index in [9.17, 15) is 8.42 Å². The van der Waals surface area contributed by atoms with Crippen LogP contribution in [0.5, 0.6) is 11.5 Å². The van der Waals surface area contributed by atoms with Crippen LogP contribution in [0.2, 0.25) is 5.02 Å². The van der Waals surface area contributed by atoms with E-state index in [1.165, 1.54) is 0 Å². The number of sulfone groups is 1. The molecule has 1 heterocycles. The van der Waals surface area contributed by atoms with E-state index < -0.39 is 21.1 Å². The zero-order valence-electron chi connectivity index (χ0n) is 17.8. The molecule has 1 aliphatic heterocycles. The number of benzene rings is 3. The van der Waals surface area contributed by atoms with Gasteiger partial charge in [0.15, 0.2) is 21.3 Å². The van der Waals surface area contributed by atoms with Gasteiger partial charge in [0.25, 0.3) is 0 Å². The summed E-state index contributed by atoms with van der Waals surface area (Å²) in [5.41, 5.74) is 1.74. The molecule has 2 unspecified atom stereocenters. The maximum atomic E-state index is 13.3. The second-order valence-corrected chi connectivity index (χ2v) is 10.1. The van der Waals surface area contributed by atoms with Crippen LogP contribution in [-0.4, -0.2) is 39.5 Å². The molecular formula is C24H24ClNO5S. The molecule has 8 heteroatoms. The van der Waals surface area contributed by atoms with Crippen LogP contribution in [0.1, 0.15) is 17.2 Å². The van der Waals surface area contributed by atoms with Gasteiger partial charge in [0.2, 0.25) is 0 Å². The lowest BCUT2D eigenvalue weighted by atomic mass is 10.0. The van der Waals surface area contributed by atoms with Crippen molar-refractivity contribution in [3.05, 3.63) is 88.9 Å². The van der Waals surface area contributed by atoms with Crippen LogP contribution in [0.15, 0.2) is 77.7 Å². The van der Waals surface area contributed by atoms with Gasteiger partial charge in [-0.2, -0.15) is 5.06 Å². The Kier molecular flexibility index (Phi) is 6.71. The average Bonchev–Trinajstić information content (AvgIpc) is 3.21. The molecule has 0 aromatic heterocycles. The van der Waals surface area contributed by atoms with Gasteiger partial charge in [-0.25, -0.2) is 8.42 Å². The van der Waals surface area contributed by atoms with Crippen molar-refractivity contribution in [3.8, 4) is 11.5 Å². The molecule has 0 aliphatic carbocycles. The highest BCUT2D eigenvalue weighted by Gasteiger charge is 2.44. The van der Waals surface area contributed by atoms with E-state index in [4.69, 9.17) is 25.9 Å². The molecule has 168 valence electrons. The zero-order chi connectivity index (χ0) is 22.7. The molecule has 4 rings (SSSR count). The lowest BCUT2D eigenvalue weighted by Crippen LogP contribution is -2.31. The molecule has 2 atom stereocenters. The summed E-state index contributed by atoms with van der Waals surface area (Å²) in [6, 6.07) is 20.8. The maximum absolute atomic E-state index is 13.3. The number of hydrogen-bond acceptors (Lipinski definition) is 6. The van der Waals surface area contributed by atoms with Crippen molar-refractivity contribution in [2.75, 3.05) is 20.8 Å². The fourth-order valence-corrected chi connectivity index (χ4v) is 5.71. The first kappa shape index (κ1) is 22.6. The van der Waals surface area contributed by atoms with Crippen molar-refractivity contribution >= 4 is 21.4 Å². The number of halogens is 1. The molecule has 0 spiro atoms. The molecule has 32 heavy (non-hydrogen) atoms. The Bertz CT molecular complexity index is 1170. The third kappa shape index (κ3) is 4.61. The van der Waals surface area contributed by atoms with Crippen molar-refractivity contribution in [2.45, 2.75) is 22.8 Å². The first-order valence-corrected chi connectivity index (χ1v) is 12.0. The van der Waals surface area contributed by atoms with Crippen molar-refractivity contribution in [1.82, 2.24) is 5.06 Å². The van der Waals surface area contributed by atoms with Crippen LogP contribution < -0.4 is 9.47 Å². The van der Waals surface area contributed by atoms with Crippen LogP contribution in [0.25, 0.3) is 0 Å². The lowest BCUT2D eigenvalue weighted by molar-refractivity contribution is -0.110. The number of rotatable bonds is 7. The number of ether oxygens (including phenoxy) is 2. The predicted octanol–water partition coefficient (Wildman–Crippen LogP) is 4.69. The van der Waals surface area contributed by atoms with Gasteiger partial charge in [-0.05, 0) is 47.5 Å². The van der Waals surface area contributed by atoms with Crippen LogP contribution in [0.3, 0.4) is 0 Å². The number of hydroxylamine groups is 2. The SMILES string of the molecule is COc1cc(C2C(S(=O)(=O)c3ccccc3)CON2C)ccc1OCc1ccc(Cl)cc1. The van der Waals surface area contributed by atoms with E-state index in [0.29, 0.717) is 23.1 Å². The van der Waals surface area contributed by atoms with Gasteiger partial charge >= 0.3 is 0 Å². The van der Waals surface area contributed by atoms with Gasteiger partial charge in [-0.15, -0.1) is 0 Å². The second kappa shape index (κ2) is 9.50. The summed E-state index contributed by atoms with van der Waals surface area (Å²) >= 11 is 5.93. The fourth-order valence-electron chi connectivity index (χ4n) is 3.79. The Hall–Kier alpha value is -2.58. The molecule has 3 aromatic rings. The minimum absolute atomic E-state index is 0.0789. The topological polar surface area (TPSA) is 65.1 Å². The molecule has 1 aliphatic rings. The fraction of sp³-hybridized carbons (Fsp3) is 0.250. The van der Waals surface area contributed by atoms with E-state index in [1.54, 1.807) is 61.7 Å². The molecule has 0 radical (unpaired) electrons. The molecule has 0 saturated carbocycles. The predicted molar refractivity (Wildman–Crippen MR) is 123 cm³/mol. The quantitative estimate of drug-likeness (QED) is 0.496. The highest BCUT2D eigenvalue weighted by Crippen LogP contribution is 2.39. The second-order valence-electron chi connectivity index (χ2n) is 7.51. The normalized spacial score (nSPS) is 19.1. The Balaban J connectivity index is 1.59. The average molecular weight is 474 g/mol. The molecule has 6 nitrogen and oxygen atoms in total. The van der Waals surface area contributed by atoms with Crippen molar-refractivity contribution < 1.29 is 22.7 Å². The highest BCUT2D eigenvalue weighted by atomic mass is 35.5. The lowest BCUT2D eigenvalue weighted by Gasteiger charge is -2.24. The van der Waals surface area contributed by atoms with E-state index >= 15 is 0 Å². The summed E-state index contributed by atoms with van der Waals surface area (Å²) in [7, 11) is -0.302. The van der Waals surface area contributed by atoms with Gasteiger partial charge in [0, 0.05) is 12.1 Å². The molecule has 0 bridgehead atoms. The molecular weight excluding hydrogens is 450 g/mol. The third-order valence-electron chi connectivity index (χ3n) is 5.49. The summed E-state index contributed by atoms with van der Waals surface area (Å²) in [6.45, 7) is 0.430. The van der Waals surface area contributed by atoms with Crippen molar-refractivity contribution in [3.63, 3.8) is 0 Å². The van der Waals surface area contributed by atoms with Crippen LogP contribution in [-0.2, 0) is 21.3 Å². The maximum Gasteiger partial charge on any atom is 0.185 e. The molecule has 3 aromatic carbocycles. The monoisotopic (exact) mass is 473 g/mol. The highest BCUT2D eigenvalue weighted by molar-refractivity contribution is 7.92. The van der Waals surface area contributed by atoms with E-state index in [-0.39, 0.29) is 11.5 Å². The van der Waals surface area contributed by atoms with Gasteiger partial charge in [-0.1, -0.05) is 48.0 Å². The number of hydrogen-bond donors (Lipinski definition) is 0. The standard InChI is InChI=1S/C24H24ClNO5S/c1-26-24(23(16-31-26)32(27,28)20-6-4-3-5-7-20)18-10-13-21(22(14-18)29-2)30-15-17-8-11-19(25)12-9-17/h3-14,23-24H,15-16H2,1-2H3. The summed E-state index contributed by atoms with van der Waals surface area (Å²) in [5.74, 6) is 1.09. The summed E-state index contributed by atoms with van der Waals surface area (Å²) < 4.78 is 38.1. The Labute approximate surface area is 193 Å². The number of methoxy groups -OCH3 is 1. The zero-order valence-corrected chi connectivity index (χ0v) is 19.3. The largest absolute Gasteiger partial charge is 0.493 e. The van der Waals surface area contributed by atoms with Crippen LogP contribution >= 0.6 is 11.6 Å². The van der Waals surface area contributed by atoms with E-state index in [0.717, 1.165) is 11.1 Å². The van der Waals surface area contributed by atoms with Crippen molar-refractivity contribution in [1.29, 1.82) is 0 Å². The molecule has 1 saturated heterocycles. The minimum atomic E-state index is -3.60. The summed E-state index contributed by atoms with van der Waals surface area (Å²) in [5, 5.41) is 1.51. The van der Waals surface area contributed by atoms with E-state index in [2.05, 4.69) is 0 Å². The Morgan fingerprint density at radius 2 is 1.75 bits per heavy atom. The van der Waals surface area contributed by atoms with Gasteiger partial charge in [0.05, 0.1) is 24.7 Å². The minimum Gasteiger partial charge on any atom is -0.493 e. The Morgan fingerprint density at radius 1 is 1.03 bits per heavy atom. The van der Waals surface area contributed by atoms with Crippen LogP contribution in [0, 0.1) is 0 Å². The van der Waals surface area contributed by atoms with Gasteiger partial charge < -0.3 is 9.47 Å². The molecule has 0 amide bonds. The Morgan fingerprint density at radius 3 is 2.44 bits per heavy atom.